The van der Waals surface area contributed by atoms with Crippen molar-refractivity contribution in [2.45, 2.75) is 12.8 Å². The zero-order valence-electron chi connectivity index (χ0n) is 10.8. The van der Waals surface area contributed by atoms with Gasteiger partial charge in [-0.05, 0) is 25.0 Å². The molecule has 2 rings (SSSR count). The molecule has 1 saturated heterocycles. The molecule has 2 heterocycles. The van der Waals surface area contributed by atoms with E-state index in [1.54, 1.807) is 12.3 Å². The minimum Gasteiger partial charge on any atom is -0.469 e. The molecular weight excluding hydrogens is 262 g/mol. The van der Waals surface area contributed by atoms with Crippen LogP contribution in [0.4, 0.5) is 5.82 Å². The smallest absolute Gasteiger partial charge is 0.310 e. The summed E-state index contributed by atoms with van der Waals surface area (Å²) in [5, 5.41) is 0. The summed E-state index contributed by atoms with van der Waals surface area (Å²) in [6.45, 7) is 1.50. The first-order valence-corrected chi connectivity index (χ1v) is 6.61. The zero-order valence-corrected chi connectivity index (χ0v) is 11.7. The van der Waals surface area contributed by atoms with Gasteiger partial charge >= 0.3 is 5.97 Å². The second kappa shape index (κ2) is 5.97. The minimum absolute atomic E-state index is 0.0889. The van der Waals surface area contributed by atoms with Crippen molar-refractivity contribution in [1.82, 2.24) is 4.98 Å². The van der Waals surface area contributed by atoms with Crippen LogP contribution in [0.2, 0.25) is 0 Å². The van der Waals surface area contributed by atoms with Crippen molar-refractivity contribution < 1.29 is 9.53 Å². The molecule has 0 saturated carbocycles. The average molecular weight is 279 g/mol. The predicted octanol–water partition coefficient (Wildman–Crippen LogP) is 1.11. The van der Waals surface area contributed by atoms with Crippen molar-refractivity contribution in [3.8, 4) is 0 Å². The van der Waals surface area contributed by atoms with Crippen molar-refractivity contribution in [3.05, 3.63) is 23.9 Å². The first kappa shape index (κ1) is 13.7. The number of anilines is 1. The number of hydrogen-bond acceptors (Lipinski definition) is 5. The van der Waals surface area contributed by atoms with E-state index in [0.717, 1.165) is 30.8 Å². The van der Waals surface area contributed by atoms with Crippen molar-refractivity contribution in [3.63, 3.8) is 0 Å². The van der Waals surface area contributed by atoms with Gasteiger partial charge in [0.05, 0.1) is 13.0 Å². The summed E-state index contributed by atoms with van der Waals surface area (Å²) in [6.07, 6.45) is 3.49. The Morgan fingerprint density at radius 2 is 2.42 bits per heavy atom. The molecule has 5 nitrogen and oxygen atoms in total. The van der Waals surface area contributed by atoms with E-state index in [9.17, 15) is 4.79 Å². The lowest BCUT2D eigenvalue weighted by Crippen LogP contribution is -2.39. The van der Waals surface area contributed by atoms with Crippen LogP contribution in [0.25, 0.3) is 0 Å². The monoisotopic (exact) mass is 279 g/mol. The third kappa shape index (κ3) is 3.20. The van der Waals surface area contributed by atoms with Crippen LogP contribution >= 0.6 is 12.2 Å². The zero-order chi connectivity index (χ0) is 13.8. The van der Waals surface area contributed by atoms with Crippen LogP contribution in [0.5, 0.6) is 0 Å². The van der Waals surface area contributed by atoms with Gasteiger partial charge in [-0.3, -0.25) is 4.79 Å². The van der Waals surface area contributed by atoms with E-state index in [1.807, 2.05) is 6.07 Å². The topological polar surface area (TPSA) is 68.5 Å². The van der Waals surface area contributed by atoms with Gasteiger partial charge < -0.3 is 15.4 Å². The number of methoxy groups -OCH3 is 1. The van der Waals surface area contributed by atoms with Crippen LogP contribution in [-0.4, -0.2) is 36.1 Å². The Hall–Kier alpha value is -1.69. The minimum atomic E-state index is -0.157. The lowest BCUT2D eigenvalue weighted by Gasteiger charge is -2.32. The van der Waals surface area contributed by atoms with Gasteiger partial charge in [0.25, 0.3) is 0 Å². The number of ether oxygens (including phenoxy) is 1. The molecule has 0 radical (unpaired) electrons. The van der Waals surface area contributed by atoms with E-state index >= 15 is 0 Å². The van der Waals surface area contributed by atoms with Crippen molar-refractivity contribution in [1.29, 1.82) is 0 Å². The second-order valence-electron chi connectivity index (χ2n) is 4.58. The summed E-state index contributed by atoms with van der Waals surface area (Å²) in [7, 11) is 1.42. The Labute approximate surface area is 117 Å². The van der Waals surface area contributed by atoms with Gasteiger partial charge in [0.15, 0.2) is 0 Å². The van der Waals surface area contributed by atoms with Gasteiger partial charge in [0.1, 0.15) is 10.8 Å². The molecule has 1 fully saturated rings. The highest BCUT2D eigenvalue weighted by Gasteiger charge is 2.27. The van der Waals surface area contributed by atoms with E-state index in [1.165, 1.54) is 7.11 Å². The maximum absolute atomic E-state index is 11.6. The number of hydrogen-bond donors (Lipinski definition) is 1. The molecule has 19 heavy (non-hydrogen) atoms. The summed E-state index contributed by atoms with van der Waals surface area (Å²) < 4.78 is 4.81. The number of carbonyl (C=O) groups is 1. The van der Waals surface area contributed by atoms with Crippen LogP contribution in [0.15, 0.2) is 18.3 Å². The Kier molecular flexibility index (Phi) is 4.31. The van der Waals surface area contributed by atoms with Crippen molar-refractivity contribution >= 4 is 29.0 Å². The predicted molar refractivity (Wildman–Crippen MR) is 77.1 cm³/mol. The number of carbonyl (C=O) groups excluding carboxylic acids is 1. The summed E-state index contributed by atoms with van der Waals surface area (Å²) in [6, 6.07) is 3.65. The number of pyridine rings is 1. The highest BCUT2D eigenvalue weighted by molar-refractivity contribution is 7.80. The molecule has 1 aromatic heterocycles. The number of rotatable bonds is 3. The molecule has 1 aromatic rings. The fraction of sp³-hybridized carbons (Fsp3) is 0.462. The summed E-state index contributed by atoms with van der Waals surface area (Å²) in [5.41, 5.74) is 6.41. The third-order valence-electron chi connectivity index (χ3n) is 3.31. The van der Waals surface area contributed by atoms with Crippen LogP contribution < -0.4 is 10.6 Å². The number of thiocarbonyl (C=S) groups is 1. The molecular formula is C13H17N3O2S. The van der Waals surface area contributed by atoms with E-state index in [0.29, 0.717) is 11.5 Å². The largest absolute Gasteiger partial charge is 0.469 e. The van der Waals surface area contributed by atoms with Gasteiger partial charge in [-0.25, -0.2) is 4.98 Å². The first-order valence-electron chi connectivity index (χ1n) is 6.20. The van der Waals surface area contributed by atoms with Crippen molar-refractivity contribution in [2.75, 3.05) is 25.1 Å². The molecule has 0 spiro atoms. The fourth-order valence-electron chi connectivity index (χ4n) is 2.29. The Bertz CT molecular complexity index is 493. The van der Waals surface area contributed by atoms with Crippen LogP contribution in [-0.2, 0) is 9.53 Å². The summed E-state index contributed by atoms with van der Waals surface area (Å²) >= 11 is 4.96. The second-order valence-corrected chi connectivity index (χ2v) is 5.02. The standard InChI is InChI=1S/C13H17N3O2S/c1-18-13(17)10-3-2-6-16(8-10)11-7-9(12(14)19)4-5-15-11/h4-5,7,10H,2-3,6,8H2,1H3,(H2,14,19). The molecule has 1 aliphatic rings. The summed E-state index contributed by atoms with van der Waals surface area (Å²) in [5.74, 6) is 0.558. The Morgan fingerprint density at radius 1 is 1.63 bits per heavy atom. The van der Waals surface area contributed by atoms with Gasteiger partial charge in [0, 0.05) is 24.8 Å². The van der Waals surface area contributed by atoms with Crippen LogP contribution in [0.1, 0.15) is 18.4 Å². The average Bonchev–Trinajstić information content (AvgIpc) is 2.46. The number of nitrogens with two attached hydrogens (primary N) is 1. The van der Waals surface area contributed by atoms with E-state index in [4.69, 9.17) is 22.7 Å². The lowest BCUT2D eigenvalue weighted by molar-refractivity contribution is -0.145. The maximum Gasteiger partial charge on any atom is 0.310 e. The normalized spacial score (nSPS) is 19.0. The molecule has 1 aliphatic heterocycles. The van der Waals surface area contributed by atoms with E-state index < -0.39 is 0 Å². The number of nitrogens with zero attached hydrogens (tertiary/aromatic N) is 2. The number of aromatic nitrogens is 1. The molecule has 1 atom stereocenters. The van der Waals surface area contributed by atoms with E-state index in [2.05, 4.69) is 9.88 Å². The van der Waals surface area contributed by atoms with Gasteiger partial charge in [0.2, 0.25) is 0 Å². The van der Waals surface area contributed by atoms with Crippen LogP contribution in [0.3, 0.4) is 0 Å². The molecule has 0 aromatic carbocycles. The maximum atomic E-state index is 11.6. The molecule has 102 valence electrons. The van der Waals surface area contributed by atoms with Gasteiger partial charge in [-0.2, -0.15) is 0 Å². The number of piperidine rings is 1. The molecule has 6 heteroatoms. The highest BCUT2D eigenvalue weighted by Crippen LogP contribution is 2.22. The Balaban J connectivity index is 2.15. The molecule has 0 amide bonds. The molecule has 0 aliphatic carbocycles. The number of esters is 1. The fourth-order valence-corrected chi connectivity index (χ4v) is 2.42. The lowest BCUT2D eigenvalue weighted by atomic mass is 9.98. The van der Waals surface area contributed by atoms with Gasteiger partial charge in [-0.15, -0.1) is 0 Å². The molecule has 0 bridgehead atoms. The Morgan fingerprint density at radius 3 is 3.11 bits per heavy atom. The highest BCUT2D eigenvalue weighted by atomic mass is 32.1. The third-order valence-corrected chi connectivity index (χ3v) is 3.55. The molecule has 2 N–H and O–H groups in total. The quantitative estimate of drug-likeness (QED) is 0.660. The van der Waals surface area contributed by atoms with Crippen molar-refractivity contribution in [2.24, 2.45) is 11.7 Å². The van der Waals surface area contributed by atoms with Crippen LogP contribution in [0, 0.1) is 5.92 Å². The van der Waals surface area contributed by atoms with Gasteiger partial charge in [-0.1, -0.05) is 12.2 Å². The van der Waals surface area contributed by atoms with E-state index in [-0.39, 0.29) is 11.9 Å². The SMILES string of the molecule is COC(=O)C1CCCN(c2cc(C(N)=S)ccn2)C1. The summed E-state index contributed by atoms with van der Waals surface area (Å²) in [4.78, 5) is 18.4. The first-order chi connectivity index (χ1) is 9.11. The molecule has 1 unspecified atom stereocenters.